The zero-order chi connectivity index (χ0) is 12.1. The Bertz CT molecular complexity index is 274. The highest BCUT2D eigenvalue weighted by Gasteiger charge is 2.26. The second-order valence-electron chi connectivity index (χ2n) is 4.17. The molecule has 0 aromatic carbocycles. The fourth-order valence-electron chi connectivity index (χ4n) is 1.64. The van der Waals surface area contributed by atoms with E-state index < -0.39 is 5.92 Å². The monoisotopic (exact) mass is 229 g/mol. The topological polar surface area (TPSA) is 96.9 Å². The summed E-state index contributed by atoms with van der Waals surface area (Å²) in [5, 5.41) is 14.1. The van der Waals surface area contributed by atoms with Gasteiger partial charge < -0.3 is 21.0 Å². The predicted molar refractivity (Wildman–Crippen MR) is 59.1 cm³/mol. The number of nitrogens with two attached hydrogens (primary N) is 1. The van der Waals surface area contributed by atoms with Crippen molar-refractivity contribution < 1.29 is 14.7 Å². The Hall–Kier alpha value is -1.30. The number of nitrogens with one attached hydrogen (secondary N) is 1. The molecule has 0 saturated carbocycles. The molecule has 6 heteroatoms. The van der Waals surface area contributed by atoms with E-state index in [-0.39, 0.29) is 17.8 Å². The number of hydrogen-bond acceptors (Lipinski definition) is 4. The van der Waals surface area contributed by atoms with E-state index in [9.17, 15) is 4.79 Å². The van der Waals surface area contributed by atoms with E-state index in [0.717, 1.165) is 13.0 Å². The van der Waals surface area contributed by atoms with Gasteiger partial charge in [-0.2, -0.15) is 0 Å². The van der Waals surface area contributed by atoms with Crippen LogP contribution in [0.2, 0.25) is 0 Å². The molecule has 0 aliphatic carbocycles. The lowest BCUT2D eigenvalue weighted by molar-refractivity contribution is -0.123. The van der Waals surface area contributed by atoms with Crippen molar-refractivity contribution in [2.24, 2.45) is 22.7 Å². The largest absolute Gasteiger partial charge is 0.409 e. The summed E-state index contributed by atoms with van der Waals surface area (Å²) in [6.07, 6.45) is 0.958. The highest BCUT2D eigenvalue weighted by atomic mass is 16.5. The maximum Gasteiger partial charge on any atom is 0.230 e. The average molecular weight is 229 g/mol. The highest BCUT2D eigenvalue weighted by molar-refractivity contribution is 6.01. The molecule has 1 aliphatic rings. The Morgan fingerprint density at radius 1 is 1.62 bits per heavy atom. The first-order valence-corrected chi connectivity index (χ1v) is 5.41. The van der Waals surface area contributed by atoms with Crippen molar-refractivity contribution in [3.8, 4) is 0 Å². The molecule has 0 bridgehead atoms. The fourth-order valence-corrected chi connectivity index (χ4v) is 1.64. The zero-order valence-corrected chi connectivity index (χ0v) is 9.64. The van der Waals surface area contributed by atoms with Gasteiger partial charge in [-0.05, 0) is 20.3 Å². The van der Waals surface area contributed by atoms with Crippen LogP contribution in [-0.4, -0.2) is 36.2 Å². The lowest BCUT2D eigenvalue weighted by Crippen LogP contribution is -2.44. The molecule has 1 amide bonds. The Labute approximate surface area is 94.8 Å². The second kappa shape index (κ2) is 5.69. The van der Waals surface area contributed by atoms with E-state index >= 15 is 0 Å². The molecule has 92 valence electrons. The van der Waals surface area contributed by atoms with Gasteiger partial charge in [-0.1, -0.05) is 5.16 Å². The van der Waals surface area contributed by atoms with Gasteiger partial charge in [-0.25, -0.2) is 0 Å². The summed E-state index contributed by atoms with van der Waals surface area (Å²) in [7, 11) is 0. The van der Waals surface area contributed by atoms with E-state index in [1.807, 2.05) is 6.92 Å². The minimum Gasteiger partial charge on any atom is -0.409 e. The molecule has 6 nitrogen and oxygen atoms in total. The number of carbonyl (C=O) groups is 1. The Morgan fingerprint density at radius 2 is 2.31 bits per heavy atom. The molecular weight excluding hydrogens is 210 g/mol. The lowest BCUT2D eigenvalue weighted by atomic mass is 10.00. The van der Waals surface area contributed by atoms with Crippen LogP contribution in [0.3, 0.4) is 0 Å². The number of carbonyl (C=O) groups excluding carboxylic acids is 1. The van der Waals surface area contributed by atoms with E-state index in [2.05, 4.69) is 10.5 Å². The van der Waals surface area contributed by atoms with Crippen LogP contribution in [0, 0.1) is 11.8 Å². The molecule has 1 rings (SSSR count). The van der Waals surface area contributed by atoms with Crippen molar-refractivity contribution in [2.45, 2.75) is 26.3 Å². The van der Waals surface area contributed by atoms with E-state index in [1.54, 1.807) is 6.92 Å². The molecule has 0 aromatic heterocycles. The number of oxime groups is 1. The zero-order valence-electron chi connectivity index (χ0n) is 9.64. The first-order chi connectivity index (χ1) is 7.56. The molecule has 1 fully saturated rings. The van der Waals surface area contributed by atoms with Gasteiger partial charge in [-0.3, -0.25) is 4.79 Å². The van der Waals surface area contributed by atoms with Gasteiger partial charge in [0.1, 0.15) is 0 Å². The molecule has 1 aliphatic heterocycles. The number of amides is 1. The van der Waals surface area contributed by atoms with Gasteiger partial charge in [0.15, 0.2) is 5.84 Å². The lowest BCUT2D eigenvalue weighted by Gasteiger charge is -2.21. The summed E-state index contributed by atoms with van der Waals surface area (Å²) < 4.78 is 5.25. The third kappa shape index (κ3) is 3.10. The quantitative estimate of drug-likeness (QED) is 0.271. The van der Waals surface area contributed by atoms with E-state index in [4.69, 9.17) is 15.7 Å². The van der Waals surface area contributed by atoms with Gasteiger partial charge in [-0.15, -0.1) is 0 Å². The van der Waals surface area contributed by atoms with E-state index in [1.165, 1.54) is 0 Å². The first-order valence-electron chi connectivity index (χ1n) is 5.41. The first kappa shape index (κ1) is 12.8. The smallest absolute Gasteiger partial charge is 0.230 e. The van der Waals surface area contributed by atoms with Crippen LogP contribution in [0.5, 0.6) is 0 Å². The molecule has 1 saturated heterocycles. The summed E-state index contributed by atoms with van der Waals surface area (Å²) in [5.41, 5.74) is 5.36. The number of hydrogen-bond donors (Lipinski definition) is 3. The molecule has 3 atom stereocenters. The van der Waals surface area contributed by atoms with Crippen LogP contribution in [0.1, 0.15) is 20.3 Å². The summed E-state index contributed by atoms with van der Waals surface area (Å²) >= 11 is 0. The molecule has 0 spiro atoms. The maximum atomic E-state index is 11.7. The molecular formula is C10H19N3O3. The number of rotatable bonds is 4. The molecule has 3 unspecified atom stereocenters. The predicted octanol–water partition coefficient (Wildman–Crippen LogP) is -0.0899. The summed E-state index contributed by atoms with van der Waals surface area (Å²) in [6, 6.07) is 0.0453. The summed E-state index contributed by atoms with van der Waals surface area (Å²) in [4.78, 5) is 11.7. The SMILES string of the molecule is CC(C(=O)NC(C)C1CCOC1)C(N)=NO. The van der Waals surface area contributed by atoms with Crippen LogP contribution >= 0.6 is 0 Å². The van der Waals surface area contributed by atoms with Crippen LogP contribution in [0.15, 0.2) is 5.16 Å². The molecule has 16 heavy (non-hydrogen) atoms. The third-order valence-corrected chi connectivity index (χ3v) is 2.99. The van der Waals surface area contributed by atoms with Gasteiger partial charge in [0.25, 0.3) is 0 Å². The minimum atomic E-state index is -0.616. The van der Waals surface area contributed by atoms with Crippen LogP contribution in [0.25, 0.3) is 0 Å². The minimum absolute atomic E-state index is 0.0453. The van der Waals surface area contributed by atoms with Crippen molar-refractivity contribution >= 4 is 11.7 Å². The Morgan fingerprint density at radius 3 is 2.81 bits per heavy atom. The van der Waals surface area contributed by atoms with Crippen molar-refractivity contribution in [3.63, 3.8) is 0 Å². The van der Waals surface area contributed by atoms with Crippen molar-refractivity contribution in [3.05, 3.63) is 0 Å². The molecule has 1 heterocycles. The van der Waals surface area contributed by atoms with Crippen molar-refractivity contribution in [1.29, 1.82) is 0 Å². The Kier molecular flexibility index (Phi) is 4.54. The molecule has 4 N–H and O–H groups in total. The third-order valence-electron chi connectivity index (χ3n) is 2.99. The van der Waals surface area contributed by atoms with Crippen molar-refractivity contribution in [2.75, 3.05) is 13.2 Å². The van der Waals surface area contributed by atoms with E-state index in [0.29, 0.717) is 12.5 Å². The highest BCUT2D eigenvalue weighted by Crippen LogP contribution is 2.16. The van der Waals surface area contributed by atoms with Crippen LogP contribution in [-0.2, 0) is 9.53 Å². The number of nitrogens with zero attached hydrogens (tertiary/aromatic N) is 1. The number of amidine groups is 1. The standard InChI is InChI=1S/C10H19N3O3/c1-6(9(11)13-15)10(14)12-7(2)8-3-4-16-5-8/h6-8,15H,3-5H2,1-2H3,(H2,11,13)(H,12,14). The van der Waals surface area contributed by atoms with Crippen LogP contribution < -0.4 is 11.1 Å². The number of ether oxygens (including phenoxy) is 1. The molecule has 0 radical (unpaired) electrons. The van der Waals surface area contributed by atoms with Crippen molar-refractivity contribution in [1.82, 2.24) is 5.32 Å². The van der Waals surface area contributed by atoms with Gasteiger partial charge >= 0.3 is 0 Å². The molecule has 0 aromatic rings. The van der Waals surface area contributed by atoms with Gasteiger partial charge in [0, 0.05) is 18.6 Å². The van der Waals surface area contributed by atoms with Gasteiger partial charge in [0.05, 0.1) is 12.5 Å². The average Bonchev–Trinajstić information content (AvgIpc) is 2.80. The van der Waals surface area contributed by atoms with Crippen LogP contribution in [0.4, 0.5) is 0 Å². The normalized spacial score (nSPS) is 25.1. The maximum absolute atomic E-state index is 11.7. The summed E-state index contributed by atoms with van der Waals surface area (Å²) in [6.45, 7) is 4.97. The fraction of sp³-hybridized carbons (Fsp3) is 0.800. The van der Waals surface area contributed by atoms with Gasteiger partial charge in [0.2, 0.25) is 5.91 Å². The summed E-state index contributed by atoms with van der Waals surface area (Å²) in [5.74, 6) is -0.569. The Balaban J connectivity index is 2.44. The second-order valence-corrected chi connectivity index (χ2v) is 4.17.